The largest absolute Gasteiger partial charge is 0.462 e. The molecule has 1 N–H and O–H groups in total. The van der Waals surface area contributed by atoms with Gasteiger partial charge in [-0.25, -0.2) is 10.1 Å². The molecule has 0 aromatic carbocycles. The van der Waals surface area contributed by atoms with Gasteiger partial charge in [-0.2, -0.15) is 0 Å². The van der Waals surface area contributed by atoms with Gasteiger partial charge < -0.3 is 14.2 Å². The van der Waals surface area contributed by atoms with Crippen LogP contribution in [0.1, 0.15) is 48.0 Å². The van der Waals surface area contributed by atoms with Gasteiger partial charge in [0.25, 0.3) is 0 Å². The minimum Gasteiger partial charge on any atom is -0.462 e. The molecular weight excluding hydrogens is 292 g/mol. The molecule has 128 valence electrons. The average Bonchev–Trinajstić information content (AvgIpc) is 2.76. The highest BCUT2D eigenvalue weighted by molar-refractivity contribution is 5.76. The van der Waals surface area contributed by atoms with Crippen molar-refractivity contribution in [3.63, 3.8) is 0 Å². The van der Waals surface area contributed by atoms with Gasteiger partial charge in [-0.3, -0.25) is 9.59 Å². The molecule has 1 aliphatic rings. The van der Waals surface area contributed by atoms with Gasteiger partial charge in [0.2, 0.25) is 0 Å². The van der Waals surface area contributed by atoms with Gasteiger partial charge >= 0.3 is 11.9 Å². The summed E-state index contributed by atoms with van der Waals surface area (Å²) in [5.41, 5.74) is -1.30. The minimum absolute atomic E-state index is 0.0714. The standard InChI is InChI=1S/C15H26O7/c1-14(2,3)12(16)19-8-10-9(7-11(20-10)22-18)21-13(17)15(4,5)6/h9-11,18H,7-8H2,1-6H3/t9-,10+,11-/m0/s1. The molecule has 0 aliphatic carbocycles. The summed E-state index contributed by atoms with van der Waals surface area (Å²) >= 11 is 0. The Kier molecular flexibility index (Phi) is 5.95. The van der Waals surface area contributed by atoms with Crippen LogP contribution in [0, 0.1) is 10.8 Å². The molecular formula is C15H26O7. The first kappa shape index (κ1) is 18.9. The number of ether oxygens (including phenoxy) is 3. The van der Waals surface area contributed by atoms with Crippen molar-refractivity contribution in [2.45, 2.75) is 66.5 Å². The molecule has 22 heavy (non-hydrogen) atoms. The fraction of sp³-hybridized carbons (Fsp3) is 0.867. The predicted octanol–water partition coefficient (Wildman–Crippen LogP) is 2.14. The molecule has 0 unspecified atom stereocenters. The molecule has 0 saturated carbocycles. The zero-order valence-electron chi connectivity index (χ0n) is 14.0. The molecule has 1 rings (SSSR count). The van der Waals surface area contributed by atoms with E-state index in [4.69, 9.17) is 19.5 Å². The first-order valence-corrected chi connectivity index (χ1v) is 7.29. The number of carbonyl (C=O) groups is 2. The van der Waals surface area contributed by atoms with Crippen molar-refractivity contribution in [2.24, 2.45) is 10.8 Å². The Hall–Kier alpha value is -1.18. The van der Waals surface area contributed by atoms with E-state index in [1.54, 1.807) is 41.5 Å². The van der Waals surface area contributed by atoms with Crippen LogP contribution >= 0.6 is 0 Å². The van der Waals surface area contributed by atoms with Crippen molar-refractivity contribution >= 4 is 11.9 Å². The average molecular weight is 318 g/mol. The predicted molar refractivity (Wildman–Crippen MR) is 76.7 cm³/mol. The van der Waals surface area contributed by atoms with Crippen LogP contribution in [0.3, 0.4) is 0 Å². The highest BCUT2D eigenvalue weighted by atomic mass is 17.1. The summed E-state index contributed by atoms with van der Waals surface area (Å²) in [7, 11) is 0. The van der Waals surface area contributed by atoms with E-state index < -0.39 is 35.3 Å². The number of rotatable bonds is 4. The van der Waals surface area contributed by atoms with Crippen molar-refractivity contribution in [3.8, 4) is 0 Å². The van der Waals surface area contributed by atoms with Crippen LogP contribution in [-0.4, -0.2) is 42.3 Å². The Balaban J connectivity index is 2.65. The molecule has 0 radical (unpaired) electrons. The smallest absolute Gasteiger partial charge is 0.311 e. The van der Waals surface area contributed by atoms with E-state index >= 15 is 0 Å². The molecule has 0 bridgehead atoms. The lowest BCUT2D eigenvalue weighted by Gasteiger charge is -2.24. The molecule has 1 saturated heterocycles. The second kappa shape index (κ2) is 6.93. The summed E-state index contributed by atoms with van der Waals surface area (Å²) in [6.07, 6.45) is -2.04. The van der Waals surface area contributed by atoms with Crippen LogP contribution in [0.15, 0.2) is 0 Å². The van der Waals surface area contributed by atoms with Crippen LogP contribution in [-0.2, 0) is 28.7 Å². The highest BCUT2D eigenvalue weighted by Gasteiger charge is 2.41. The second-order valence-electron chi connectivity index (χ2n) is 7.49. The van der Waals surface area contributed by atoms with Gasteiger partial charge in [0, 0.05) is 6.42 Å². The van der Waals surface area contributed by atoms with Gasteiger partial charge in [0.15, 0.2) is 6.29 Å². The van der Waals surface area contributed by atoms with E-state index in [0.717, 1.165) is 0 Å². The summed E-state index contributed by atoms with van der Waals surface area (Å²) in [5, 5.41) is 8.73. The number of hydrogen-bond donors (Lipinski definition) is 1. The number of hydrogen-bond acceptors (Lipinski definition) is 7. The highest BCUT2D eigenvalue weighted by Crippen LogP contribution is 2.27. The van der Waals surface area contributed by atoms with Crippen LogP contribution < -0.4 is 0 Å². The van der Waals surface area contributed by atoms with Crippen molar-refractivity contribution in [1.29, 1.82) is 0 Å². The van der Waals surface area contributed by atoms with Crippen molar-refractivity contribution in [1.82, 2.24) is 0 Å². The molecule has 0 spiro atoms. The van der Waals surface area contributed by atoms with Gasteiger partial charge in [-0.1, -0.05) is 0 Å². The number of esters is 2. The SMILES string of the molecule is CC(C)(C)C(=O)OC[C@H]1O[C@@H](OO)C[C@@H]1OC(=O)C(C)(C)C. The third-order valence-corrected chi connectivity index (χ3v) is 3.15. The van der Waals surface area contributed by atoms with Crippen molar-refractivity contribution < 1.29 is 33.9 Å². The molecule has 3 atom stereocenters. The molecule has 0 amide bonds. The molecule has 1 heterocycles. The Bertz CT molecular complexity index is 405. The maximum Gasteiger partial charge on any atom is 0.311 e. The zero-order chi connectivity index (χ0) is 17.1. The van der Waals surface area contributed by atoms with Crippen molar-refractivity contribution in [2.75, 3.05) is 6.61 Å². The van der Waals surface area contributed by atoms with Crippen molar-refractivity contribution in [3.05, 3.63) is 0 Å². The lowest BCUT2D eigenvalue weighted by molar-refractivity contribution is -0.340. The van der Waals surface area contributed by atoms with E-state index in [9.17, 15) is 9.59 Å². The second-order valence-corrected chi connectivity index (χ2v) is 7.49. The van der Waals surface area contributed by atoms with Gasteiger partial charge in [-0.15, -0.1) is 0 Å². The third kappa shape index (κ3) is 5.23. The first-order valence-electron chi connectivity index (χ1n) is 7.29. The van der Waals surface area contributed by atoms with Crippen LogP contribution in [0.5, 0.6) is 0 Å². The lowest BCUT2D eigenvalue weighted by atomic mass is 9.97. The lowest BCUT2D eigenvalue weighted by Crippen LogP contribution is -2.36. The normalized spacial score (nSPS) is 25.9. The molecule has 1 fully saturated rings. The van der Waals surface area contributed by atoms with E-state index in [-0.39, 0.29) is 19.0 Å². The first-order chi connectivity index (χ1) is 9.95. The minimum atomic E-state index is -0.906. The quantitative estimate of drug-likeness (QED) is 0.482. The summed E-state index contributed by atoms with van der Waals surface area (Å²) in [6, 6.07) is 0. The number of carbonyl (C=O) groups excluding carboxylic acids is 2. The van der Waals surface area contributed by atoms with E-state index in [1.807, 2.05) is 0 Å². The van der Waals surface area contributed by atoms with Crippen LogP contribution in [0.2, 0.25) is 0 Å². The molecule has 7 heteroatoms. The van der Waals surface area contributed by atoms with Gasteiger partial charge in [-0.05, 0) is 41.5 Å². The maximum absolute atomic E-state index is 12.0. The van der Waals surface area contributed by atoms with E-state index in [2.05, 4.69) is 4.89 Å². The van der Waals surface area contributed by atoms with E-state index in [1.165, 1.54) is 0 Å². The van der Waals surface area contributed by atoms with Gasteiger partial charge in [0.05, 0.1) is 10.8 Å². The van der Waals surface area contributed by atoms with Gasteiger partial charge in [0.1, 0.15) is 18.8 Å². The monoisotopic (exact) mass is 318 g/mol. The van der Waals surface area contributed by atoms with Crippen LogP contribution in [0.4, 0.5) is 0 Å². The Morgan fingerprint density at radius 1 is 1.09 bits per heavy atom. The maximum atomic E-state index is 12.0. The van der Waals surface area contributed by atoms with E-state index in [0.29, 0.717) is 0 Å². The fourth-order valence-corrected chi connectivity index (χ4v) is 1.71. The third-order valence-electron chi connectivity index (χ3n) is 3.15. The summed E-state index contributed by atoms with van der Waals surface area (Å²) in [5.74, 6) is -0.780. The summed E-state index contributed by atoms with van der Waals surface area (Å²) in [4.78, 5) is 27.9. The molecule has 7 nitrogen and oxygen atoms in total. The zero-order valence-corrected chi connectivity index (χ0v) is 14.0. The summed E-state index contributed by atoms with van der Waals surface area (Å²) < 4.78 is 16.0. The summed E-state index contributed by atoms with van der Waals surface area (Å²) in [6.45, 7) is 10.3. The fourth-order valence-electron chi connectivity index (χ4n) is 1.71. The van der Waals surface area contributed by atoms with Crippen LogP contribution in [0.25, 0.3) is 0 Å². The Labute approximate surface area is 130 Å². The molecule has 1 aliphatic heterocycles. The Morgan fingerprint density at radius 3 is 2.09 bits per heavy atom. The molecule has 0 aromatic heterocycles. The topological polar surface area (TPSA) is 91.3 Å². The Morgan fingerprint density at radius 2 is 1.64 bits per heavy atom. The molecule has 0 aromatic rings.